The maximum atomic E-state index is 12.0. The standard InChI is InChI=1S/C18H16N4O3/c1-12(21-22-18(25)14-7-3-5-9-16(14)23)10-17(24)20-15-8-4-2-6-13(15)11-19/h2-10,21,23H,1H3,(H,20,24)(H,22,25)/b12-10+. The van der Waals surface area contributed by atoms with Crippen molar-refractivity contribution in [1.82, 2.24) is 10.9 Å². The Balaban J connectivity index is 1.95. The van der Waals surface area contributed by atoms with E-state index in [9.17, 15) is 14.7 Å². The number of nitriles is 1. The van der Waals surface area contributed by atoms with Crippen LogP contribution in [-0.2, 0) is 4.79 Å². The first kappa shape index (κ1) is 17.6. The fourth-order valence-electron chi connectivity index (χ4n) is 1.98. The Labute approximate surface area is 144 Å². The fourth-order valence-corrected chi connectivity index (χ4v) is 1.98. The molecule has 7 heteroatoms. The van der Waals surface area contributed by atoms with Crippen molar-refractivity contribution in [2.75, 3.05) is 5.32 Å². The normalized spacial score (nSPS) is 10.5. The van der Waals surface area contributed by atoms with Crippen molar-refractivity contribution in [2.24, 2.45) is 0 Å². The highest BCUT2D eigenvalue weighted by Gasteiger charge is 2.10. The minimum absolute atomic E-state index is 0.107. The number of hydrogen-bond acceptors (Lipinski definition) is 5. The molecule has 0 unspecified atom stereocenters. The topological polar surface area (TPSA) is 114 Å². The summed E-state index contributed by atoms with van der Waals surface area (Å²) in [4.78, 5) is 23.9. The van der Waals surface area contributed by atoms with E-state index in [2.05, 4.69) is 16.2 Å². The summed E-state index contributed by atoms with van der Waals surface area (Å²) >= 11 is 0. The molecule has 126 valence electrons. The lowest BCUT2D eigenvalue weighted by molar-refractivity contribution is -0.112. The molecule has 0 atom stereocenters. The highest BCUT2D eigenvalue weighted by atomic mass is 16.3. The van der Waals surface area contributed by atoms with Gasteiger partial charge in [-0.3, -0.25) is 15.0 Å². The number of para-hydroxylation sites is 2. The molecule has 0 saturated heterocycles. The number of hydrogen-bond donors (Lipinski definition) is 4. The Kier molecular flexibility index (Phi) is 5.74. The van der Waals surface area contributed by atoms with Crippen LogP contribution in [0.25, 0.3) is 0 Å². The van der Waals surface area contributed by atoms with E-state index >= 15 is 0 Å². The Hall–Kier alpha value is -3.79. The van der Waals surface area contributed by atoms with Crippen molar-refractivity contribution in [3.63, 3.8) is 0 Å². The van der Waals surface area contributed by atoms with Gasteiger partial charge in [-0.15, -0.1) is 0 Å². The lowest BCUT2D eigenvalue weighted by Gasteiger charge is -2.10. The number of benzene rings is 2. The molecule has 0 aliphatic rings. The molecule has 0 heterocycles. The lowest BCUT2D eigenvalue weighted by Crippen LogP contribution is -2.36. The molecule has 2 aromatic carbocycles. The van der Waals surface area contributed by atoms with Crippen molar-refractivity contribution in [1.29, 1.82) is 5.26 Å². The van der Waals surface area contributed by atoms with E-state index in [1.165, 1.54) is 18.2 Å². The summed E-state index contributed by atoms with van der Waals surface area (Å²) in [7, 11) is 0. The van der Waals surface area contributed by atoms with Crippen LogP contribution in [-0.4, -0.2) is 16.9 Å². The molecule has 0 bridgehead atoms. The number of nitrogens with zero attached hydrogens (tertiary/aromatic N) is 1. The van der Waals surface area contributed by atoms with Crippen molar-refractivity contribution < 1.29 is 14.7 Å². The molecule has 25 heavy (non-hydrogen) atoms. The van der Waals surface area contributed by atoms with Crippen molar-refractivity contribution in [3.8, 4) is 11.8 Å². The zero-order chi connectivity index (χ0) is 18.2. The first-order chi connectivity index (χ1) is 12.0. The molecule has 0 aliphatic carbocycles. The number of hydrazine groups is 1. The summed E-state index contributed by atoms with van der Waals surface area (Å²) in [5, 5.41) is 21.2. The molecular formula is C18H16N4O3. The third-order valence-corrected chi connectivity index (χ3v) is 3.17. The van der Waals surface area contributed by atoms with Crippen LogP contribution < -0.4 is 16.2 Å². The molecule has 7 nitrogen and oxygen atoms in total. The predicted molar refractivity (Wildman–Crippen MR) is 92.3 cm³/mol. The van der Waals surface area contributed by atoms with Gasteiger partial charge in [0.05, 0.1) is 16.8 Å². The van der Waals surface area contributed by atoms with E-state index in [1.54, 1.807) is 43.3 Å². The van der Waals surface area contributed by atoms with Crippen molar-refractivity contribution in [3.05, 3.63) is 71.4 Å². The van der Waals surface area contributed by atoms with Crippen LogP contribution in [0.15, 0.2) is 60.3 Å². The first-order valence-electron chi connectivity index (χ1n) is 7.34. The zero-order valence-electron chi connectivity index (χ0n) is 13.4. The number of phenols is 1. The Bertz CT molecular complexity index is 869. The van der Waals surface area contributed by atoms with Gasteiger partial charge in [0, 0.05) is 11.8 Å². The molecule has 2 rings (SSSR count). The maximum absolute atomic E-state index is 12.0. The molecule has 0 saturated carbocycles. The monoisotopic (exact) mass is 336 g/mol. The second kappa shape index (κ2) is 8.17. The number of rotatable bonds is 5. The SMILES string of the molecule is C/C(=C\C(=O)Nc1ccccc1C#N)NNC(=O)c1ccccc1O. The van der Waals surface area contributed by atoms with Gasteiger partial charge in [-0.25, -0.2) is 0 Å². The fraction of sp³-hybridized carbons (Fsp3) is 0.0556. The average molecular weight is 336 g/mol. The molecule has 2 aromatic rings. The van der Waals surface area contributed by atoms with Gasteiger partial charge in [0.2, 0.25) is 5.91 Å². The number of nitrogens with one attached hydrogen (secondary N) is 3. The van der Waals surface area contributed by atoms with Crippen LogP contribution in [0.3, 0.4) is 0 Å². The minimum atomic E-state index is -0.541. The molecule has 0 radical (unpaired) electrons. The largest absolute Gasteiger partial charge is 0.507 e. The summed E-state index contributed by atoms with van der Waals surface area (Å²) in [5.74, 6) is -1.14. The van der Waals surface area contributed by atoms with Crippen molar-refractivity contribution in [2.45, 2.75) is 6.92 Å². The van der Waals surface area contributed by atoms with Crippen molar-refractivity contribution >= 4 is 17.5 Å². The van der Waals surface area contributed by atoms with Crippen LogP contribution in [0.2, 0.25) is 0 Å². The van der Waals surface area contributed by atoms with E-state index < -0.39 is 11.8 Å². The molecule has 0 fully saturated rings. The molecular weight excluding hydrogens is 320 g/mol. The quantitative estimate of drug-likeness (QED) is 0.493. The second-order valence-electron chi connectivity index (χ2n) is 5.07. The number of allylic oxidation sites excluding steroid dienone is 1. The van der Waals surface area contributed by atoms with Crippen LogP contribution in [0.4, 0.5) is 5.69 Å². The number of phenolic OH excluding ortho intramolecular Hbond substituents is 1. The highest BCUT2D eigenvalue weighted by Crippen LogP contribution is 2.15. The molecule has 4 N–H and O–H groups in total. The smallest absolute Gasteiger partial charge is 0.273 e. The molecule has 0 aliphatic heterocycles. The van der Waals surface area contributed by atoms with Gasteiger partial charge in [-0.2, -0.15) is 5.26 Å². The summed E-state index contributed by atoms with van der Waals surface area (Å²) in [5.41, 5.74) is 6.19. The van der Waals surface area contributed by atoms with E-state index in [-0.39, 0.29) is 11.3 Å². The van der Waals surface area contributed by atoms with E-state index in [1.807, 2.05) is 6.07 Å². The van der Waals surface area contributed by atoms with Crippen LogP contribution in [0.5, 0.6) is 5.75 Å². The summed E-state index contributed by atoms with van der Waals surface area (Å²) in [6.07, 6.45) is 1.24. The van der Waals surface area contributed by atoms with Gasteiger partial charge in [0.1, 0.15) is 11.8 Å². The summed E-state index contributed by atoms with van der Waals surface area (Å²) in [6, 6.07) is 14.7. The Morgan fingerprint density at radius 2 is 1.76 bits per heavy atom. The van der Waals surface area contributed by atoms with Gasteiger partial charge in [-0.1, -0.05) is 24.3 Å². The maximum Gasteiger partial charge on any atom is 0.273 e. The van der Waals surface area contributed by atoms with Crippen LogP contribution in [0, 0.1) is 11.3 Å². The third-order valence-electron chi connectivity index (χ3n) is 3.17. The number of carbonyl (C=O) groups is 2. The number of anilines is 1. The average Bonchev–Trinajstić information content (AvgIpc) is 2.60. The third kappa shape index (κ3) is 4.84. The minimum Gasteiger partial charge on any atom is -0.507 e. The van der Waals surface area contributed by atoms with E-state index in [0.717, 1.165) is 0 Å². The summed E-state index contributed by atoms with van der Waals surface area (Å²) in [6.45, 7) is 1.58. The lowest BCUT2D eigenvalue weighted by atomic mass is 10.2. The number of amides is 2. The van der Waals surface area contributed by atoms with E-state index in [4.69, 9.17) is 5.26 Å². The Morgan fingerprint density at radius 1 is 1.08 bits per heavy atom. The first-order valence-corrected chi connectivity index (χ1v) is 7.34. The van der Waals surface area contributed by atoms with Gasteiger partial charge in [-0.05, 0) is 31.2 Å². The Morgan fingerprint density at radius 3 is 2.48 bits per heavy atom. The molecule has 2 amide bonds. The molecule has 0 spiro atoms. The predicted octanol–water partition coefficient (Wildman–Crippen LogP) is 2.04. The highest BCUT2D eigenvalue weighted by molar-refractivity contribution is 6.00. The molecule has 0 aromatic heterocycles. The van der Waals surface area contributed by atoms with Crippen LogP contribution in [0.1, 0.15) is 22.8 Å². The van der Waals surface area contributed by atoms with Gasteiger partial charge >= 0.3 is 0 Å². The summed E-state index contributed by atoms with van der Waals surface area (Å²) < 4.78 is 0. The number of carbonyl (C=O) groups excluding carboxylic acids is 2. The van der Waals surface area contributed by atoms with Gasteiger partial charge in [0.15, 0.2) is 0 Å². The van der Waals surface area contributed by atoms with Gasteiger partial charge < -0.3 is 15.8 Å². The van der Waals surface area contributed by atoms with E-state index in [0.29, 0.717) is 16.9 Å². The zero-order valence-corrected chi connectivity index (χ0v) is 13.4. The van der Waals surface area contributed by atoms with Crippen LogP contribution >= 0.6 is 0 Å². The number of aromatic hydroxyl groups is 1. The van der Waals surface area contributed by atoms with Gasteiger partial charge in [0.25, 0.3) is 5.91 Å². The second-order valence-corrected chi connectivity index (χ2v) is 5.07.